The molecule has 0 amide bonds. The number of halogens is 2. The number of aromatic amines is 6. The third kappa shape index (κ3) is 7.35. The highest BCUT2D eigenvalue weighted by atomic mass is 79.9. The first-order chi connectivity index (χ1) is 12.2. The number of hydrogen-bond donors (Lipinski definition) is 6. The highest BCUT2D eigenvalue weighted by Gasteiger charge is 1.93. The summed E-state index contributed by atoms with van der Waals surface area (Å²) in [4.78, 5) is 73.8. The van der Waals surface area contributed by atoms with Crippen molar-refractivity contribution in [3.63, 3.8) is 0 Å². The van der Waals surface area contributed by atoms with Crippen LogP contribution in [0.5, 0.6) is 0 Å². The third-order valence-corrected chi connectivity index (χ3v) is 2.82. The zero-order chi connectivity index (χ0) is 19.7. The smallest absolute Gasteiger partial charge is 0.314 e. The molecule has 14 heteroatoms. The Morgan fingerprint density at radius 2 is 1.27 bits per heavy atom. The molecule has 0 radical (unpaired) electrons. The molecule has 0 saturated heterocycles. The van der Waals surface area contributed by atoms with Crippen LogP contribution in [0.15, 0.2) is 57.9 Å². The van der Waals surface area contributed by atoms with Gasteiger partial charge in [-0.25, -0.2) is 14.4 Å². The summed E-state index contributed by atoms with van der Waals surface area (Å²) in [5.74, 6) is -0.991. The van der Waals surface area contributed by atoms with Gasteiger partial charge in [-0.2, -0.15) is 4.39 Å². The van der Waals surface area contributed by atoms with Gasteiger partial charge in [-0.05, 0) is 15.9 Å². The first kappa shape index (κ1) is 20.5. The molecule has 3 aromatic heterocycles. The second-order valence-electron chi connectivity index (χ2n) is 4.14. The van der Waals surface area contributed by atoms with E-state index in [0.717, 1.165) is 0 Å². The average Bonchev–Trinajstić information content (AvgIpc) is 2.56. The molecule has 0 unspecified atom stereocenters. The molecule has 3 aromatic rings. The molecule has 0 saturated carbocycles. The van der Waals surface area contributed by atoms with E-state index in [2.05, 4.69) is 25.9 Å². The standard InChI is InChI=1S/C4H3BrN2O2.C4H3FN2O2.C4H4N2O2/c2*5-2-1-6-4(9)7-3(2)8;7-3-1-2-5-4(8)6-3/h2*1H,(H2,6,7,8,9);1-2H,(H2,5,6,7,8). The van der Waals surface area contributed by atoms with Crippen LogP contribution >= 0.6 is 15.9 Å². The molecule has 0 bridgehead atoms. The summed E-state index contributed by atoms with van der Waals surface area (Å²) < 4.78 is 12.3. The van der Waals surface area contributed by atoms with Crippen molar-refractivity contribution in [3.8, 4) is 0 Å². The third-order valence-electron chi connectivity index (χ3n) is 2.23. The molecule has 0 aromatic carbocycles. The second kappa shape index (κ2) is 9.67. The molecule has 0 aliphatic carbocycles. The van der Waals surface area contributed by atoms with Crippen molar-refractivity contribution in [2.24, 2.45) is 0 Å². The molecule has 3 rings (SSSR count). The van der Waals surface area contributed by atoms with E-state index < -0.39 is 34.0 Å². The number of nitrogens with one attached hydrogen (secondary N) is 6. The molecular weight excluding hydrogens is 423 g/mol. The van der Waals surface area contributed by atoms with Gasteiger partial charge in [0.15, 0.2) is 0 Å². The lowest BCUT2D eigenvalue weighted by molar-refractivity contribution is 0.597. The van der Waals surface area contributed by atoms with Gasteiger partial charge in [0.25, 0.3) is 16.7 Å². The summed E-state index contributed by atoms with van der Waals surface area (Å²) >= 11 is 2.92. The van der Waals surface area contributed by atoms with E-state index >= 15 is 0 Å². The summed E-state index contributed by atoms with van der Waals surface area (Å²) in [7, 11) is 0. The van der Waals surface area contributed by atoms with Crippen LogP contribution in [-0.4, -0.2) is 29.9 Å². The van der Waals surface area contributed by atoms with E-state index in [1.54, 1.807) is 4.98 Å². The average molecular weight is 433 g/mol. The molecule has 0 aliphatic rings. The largest absolute Gasteiger partial charge is 0.325 e. The second-order valence-corrected chi connectivity index (χ2v) is 4.99. The van der Waals surface area contributed by atoms with Gasteiger partial charge in [0, 0.05) is 24.7 Å². The minimum absolute atomic E-state index is 0.321. The predicted molar refractivity (Wildman–Crippen MR) is 90.7 cm³/mol. The van der Waals surface area contributed by atoms with Crippen molar-refractivity contribution in [3.05, 3.63) is 97.5 Å². The fraction of sp³-hybridized carbons (Fsp3) is 0. The number of H-pyrrole nitrogens is 6. The number of hydrogen-bond acceptors (Lipinski definition) is 6. The van der Waals surface area contributed by atoms with Crippen molar-refractivity contribution >= 4 is 15.9 Å². The van der Waals surface area contributed by atoms with Crippen molar-refractivity contribution in [1.82, 2.24) is 29.9 Å². The maximum Gasteiger partial charge on any atom is 0.325 e. The van der Waals surface area contributed by atoms with Gasteiger partial charge in [0.2, 0.25) is 5.82 Å². The fourth-order valence-corrected chi connectivity index (χ4v) is 1.38. The topological polar surface area (TPSA) is 197 Å². The van der Waals surface area contributed by atoms with E-state index in [0.29, 0.717) is 10.7 Å². The molecule has 6 N–H and O–H groups in total. The summed E-state index contributed by atoms with van der Waals surface area (Å²) in [6.45, 7) is 0. The fourth-order valence-electron chi connectivity index (χ4n) is 1.17. The maximum absolute atomic E-state index is 12.0. The van der Waals surface area contributed by atoms with Gasteiger partial charge in [0.05, 0.1) is 4.47 Å². The van der Waals surface area contributed by atoms with Gasteiger partial charge in [0.1, 0.15) is 0 Å². The summed E-state index contributed by atoms with van der Waals surface area (Å²) in [5.41, 5.74) is -3.48. The SMILES string of the molecule is O=c1[nH]cc(Br)c(=O)[nH]1.O=c1[nH]cc(F)c(=O)[nH]1.O=c1cc[nH]c(=O)[nH]1. The summed E-state index contributed by atoms with van der Waals surface area (Å²) in [6, 6.07) is 1.24. The first-order valence-corrected chi connectivity index (χ1v) is 7.21. The zero-order valence-corrected chi connectivity index (χ0v) is 14.1. The number of rotatable bonds is 0. The lowest BCUT2D eigenvalue weighted by atomic mass is 10.6. The first-order valence-electron chi connectivity index (χ1n) is 6.42. The van der Waals surface area contributed by atoms with E-state index in [1.807, 2.05) is 15.0 Å². The Labute approximate surface area is 148 Å². The van der Waals surface area contributed by atoms with Crippen LogP contribution in [0.25, 0.3) is 0 Å². The molecule has 0 spiro atoms. The van der Waals surface area contributed by atoms with Crippen molar-refractivity contribution in [2.75, 3.05) is 0 Å². The maximum atomic E-state index is 12.0. The van der Waals surface area contributed by atoms with E-state index in [4.69, 9.17) is 0 Å². The Kier molecular flexibility index (Phi) is 7.63. The molecule has 138 valence electrons. The minimum atomic E-state index is -1.00. The molecule has 0 aliphatic heterocycles. The van der Waals surface area contributed by atoms with Crippen LogP contribution in [0.1, 0.15) is 0 Å². The minimum Gasteiger partial charge on any atom is -0.314 e. The van der Waals surface area contributed by atoms with Crippen LogP contribution in [0.2, 0.25) is 0 Å². The summed E-state index contributed by atoms with van der Waals surface area (Å²) in [5, 5.41) is 0. The highest BCUT2D eigenvalue weighted by molar-refractivity contribution is 9.10. The molecule has 0 atom stereocenters. The van der Waals surface area contributed by atoms with Crippen LogP contribution in [0, 0.1) is 5.82 Å². The van der Waals surface area contributed by atoms with Crippen LogP contribution in [0.3, 0.4) is 0 Å². The zero-order valence-electron chi connectivity index (χ0n) is 12.5. The van der Waals surface area contributed by atoms with E-state index in [-0.39, 0.29) is 5.56 Å². The normalized spacial score (nSPS) is 9.31. The summed E-state index contributed by atoms with van der Waals surface area (Å²) in [6.07, 6.45) is 3.30. The Morgan fingerprint density at radius 1 is 0.731 bits per heavy atom. The number of aromatic nitrogens is 6. The molecule has 26 heavy (non-hydrogen) atoms. The van der Waals surface area contributed by atoms with Gasteiger partial charge in [-0.1, -0.05) is 0 Å². The molecule has 3 heterocycles. The van der Waals surface area contributed by atoms with Crippen molar-refractivity contribution in [1.29, 1.82) is 0 Å². The predicted octanol–water partition coefficient (Wildman–Crippen LogP) is -1.91. The van der Waals surface area contributed by atoms with Crippen molar-refractivity contribution in [2.45, 2.75) is 0 Å². The quantitative estimate of drug-likeness (QED) is 0.239. The van der Waals surface area contributed by atoms with Crippen LogP contribution in [-0.2, 0) is 0 Å². The van der Waals surface area contributed by atoms with Gasteiger partial charge < -0.3 is 15.0 Å². The molecule has 12 nitrogen and oxygen atoms in total. The van der Waals surface area contributed by atoms with Gasteiger partial charge >= 0.3 is 17.1 Å². The Hall–Kier alpha value is -3.55. The lowest BCUT2D eigenvalue weighted by Gasteiger charge is -1.82. The lowest BCUT2D eigenvalue weighted by Crippen LogP contribution is -2.23. The van der Waals surface area contributed by atoms with E-state index in [9.17, 15) is 33.2 Å². The molecular formula is C12H10BrFN6O6. The molecule has 0 fully saturated rings. The monoisotopic (exact) mass is 432 g/mol. The Bertz CT molecular complexity index is 1110. The van der Waals surface area contributed by atoms with Crippen molar-refractivity contribution < 1.29 is 4.39 Å². The van der Waals surface area contributed by atoms with Gasteiger partial charge in [-0.15, -0.1) is 0 Å². The van der Waals surface area contributed by atoms with Gasteiger partial charge in [-0.3, -0.25) is 29.3 Å². The highest BCUT2D eigenvalue weighted by Crippen LogP contribution is 1.93. The Morgan fingerprint density at radius 3 is 1.65 bits per heavy atom. The van der Waals surface area contributed by atoms with E-state index in [1.165, 1.54) is 18.5 Å². The van der Waals surface area contributed by atoms with Crippen LogP contribution < -0.4 is 33.7 Å². The Balaban J connectivity index is 0.000000195. The van der Waals surface area contributed by atoms with Crippen LogP contribution in [0.4, 0.5) is 4.39 Å².